The Bertz CT molecular complexity index is 1250. The molecule has 0 bridgehead atoms. The first-order valence-electron chi connectivity index (χ1n) is 12.1. The van der Waals surface area contributed by atoms with Gasteiger partial charge in [0, 0.05) is 55.9 Å². The van der Waals surface area contributed by atoms with Gasteiger partial charge in [0.2, 0.25) is 6.79 Å². The molecule has 2 aromatic carbocycles. The second kappa shape index (κ2) is 12.0. The molecule has 3 N–H and O–H groups in total. The van der Waals surface area contributed by atoms with Gasteiger partial charge in [-0.3, -0.25) is 4.90 Å². The Morgan fingerprint density at radius 2 is 1.66 bits per heavy atom. The number of H-pyrrole nitrogens is 1. The third kappa shape index (κ3) is 6.10. The number of anilines is 1. The van der Waals surface area contributed by atoms with Gasteiger partial charge in [-0.05, 0) is 30.2 Å². The fourth-order valence-electron chi connectivity index (χ4n) is 4.42. The van der Waals surface area contributed by atoms with Crippen LogP contribution in [0.15, 0.2) is 42.6 Å². The highest BCUT2D eigenvalue weighted by Crippen LogP contribution is 2.37. The van der Waals surface area contributed by atoms with Gasteiger partial charge in [-0.15, -0.1) is 0 Å². The topological polar surface area (TPSA) is 171 Å². The number of aromatic nitrogens is 1. The van der Waals surface area contributed by atoms with E-state index >= 15 is 0 Å². The van der Waals surface area contributed by atoms with Gasteiger partial charge in [-0.25, -0.2) is 0 Å². The van der Waals surface area contributed by atoms with E-state index in [0.29, 0.717) is 6.79 Å². The molecular formula is C26H29N3O9-2. The number of fused-ring (bicyclic) bond motifs is 2. The molecule has 2 aliphatic heterocycles. The van der Waals surface area contributed by atoms with Crippen LogP contribution in [0.1, 0.15) is 5.56 Å². The van der Waals surface area contributed by atoms with Gasteiger partial charge in [-0.1, -0.05) is 12.1 Å². The number of carboxylic acids is 2. The maximum Gasteiger partial charge on any atom is 0.231 e. The molecule has 1 fully saturated rings. The average Bonchev–Trinajstić information content (AvgIpc) is 3.56. The van der Waals surface area contributed by atoms with Crippen molar-refractivity contribution in [2.75, 3.05) is 51.5 Å². The van der Waals surface area contributed by atoms with E-state index in [9.17, 15) is 19.8 Å². The number of aliphatic hydroxyl groups excluding tert-OH is 2. The van der Waals surface area contributed by atoms with Crippen LogP contribution in [-0.2, 0) is 16.0 Å². The zero-order valence-corrected chi connectivity index (χ0v) is 20.8. The number of para-hydroxylation sites is 2. The number of piperazine rings is 1. The molecule has 3 heterocycles. The molecule has 1 saturated heterocycles. The molecule has 5 rings (SSSR count). The lowest BCUT2D eigenvalue weighted by Crippen LogP contribution is -2.51. The lowest BCUT2D eigenvalue weighted by molar-refractivity contribution is -0.333. The molecular weight excluding hydrogens is 498 g/mol. The molecule has 2 atom stereocenters. The van der Waals surface area contributed by atoms with Gasteiger partial charge in [0.15, 0.2) is 11.5 Å². The van der Waals surface area contributed by atoms with E-state index in [1.54, 1.807) is 7.11 Å². The molecule has 0 amide bonds. The summed E-state index contributed by atoms with van der Waals surface area (Å²) in [5.74, 6) is -1.49. The summed E-state index contributed by atoms with van der Waals surface area (Å²) >= 11 is 0. The molecule has 2 unspecified atom stereocenters. The number of aromatic amines is 1. The Morgan fingerprint density at radius 3 is 2.29 bits per heavy atom. The minimum Gasteiger partial charge on any atom is -0.547 e. The third-order valence-corrected chi connectivity index (χ3v) is 6.54. The van der Waals surface area contributed by atoms with Crippen molar-refractivity contribution in [1.82, 2.24) is 9.88 Å². The van der Waals surface area contributed by atoms with Crippen molar-refractivity contribution in [3.05, 3.63) is 48.2 Å². The fourth-order valence-corrected chi connectivity index (χ4v) is 4.42. The monoisotopic (exact) mass is 527 g/mol. The van der Waals surface area contributed by atoms with E-state index in [-0.39, 0.29) is 0 Å². The third-order valence-electron chi connectivity index (χ3n) is 6.54. The summed E-state index contributed by atoms with van der Waals surface area (Å²) in [6.07, 6.45) is -1.74. The number of aliphatic hydroxyl groups is 2. The van der Waals surface area contributed by atoms with Crippen molar-refractivity contribution < 1.29 is 44.2 Å². The number of nitrogens with one attached hydrogen (secondary N) is 1. The number of carbonyl (C=O) groups excluding carboxylic acids is 2. The summed E-state index contributed by atoms with van der Waals surface area (Å²) in [4.78, 5) is 27.6. The number of carbonyl (C=O) groups is 2. The summed E-state index contributed by atoms with van der Waals surface area (Å²) in [6.45, 7) is 5.54. The van der Waals surface area contributed by atoms with E-state index in [1.165, 1.54) is 16.6 Å². The van der Waals surface area contributed by atoms with Crippen LogP contribution in [0.3, 0.4) is 0 Å². The number of carboxylic acid groups (broad SMARTS) is 2. The molecule has 12 heteroatoms. The van der Waals surface area contributed by atoms with Crippen LogP contribution >= 0.6 is 0 Å². The van der Waals surface area contributed by atoms with Crippen LogP contribution in [0.5, 0.6) is 17.2 Å². The van der Waals surface area contributed by atoms with Crippen molar-refractivity contribution in [3.63, 3.8) is 0 Å². The van der Waals surface area contributed by atoms with Gasteiger partial charge >= 0.3 is 0 Å². The molecule has 1 aromatic heterocycles. The van der Waals surface area contributed by atoms with Crippen molar-refractivity contribution in [1.29, 1.82) is 0 Å². The zero-order valence-electron chi connectivity index (χ0n) is 20.8. The number of aliphatic carboxylic acids is 2. The molecule has 3 aromatic rings. The molecule has 38 heavy (non-hydrogen) atoms. The van der Waals surface area contributed by atoms with Crippen LogP contribution in [0.4, 0.5) is 5.69 Å². The SMILES string of the molecule is COc1ccccc1N1CCN(CCc2c[nH]c3cc4c(cc23)OCO4)CC1.O=C([O-])C(O)C(O)C(=O)[O-]. The van der Waals surface area contributed by atoms with Crippen LogP contribution in [0.25, 0.3) is 10.9 Å². The Labute approximate surface area is 218 Å². The maximum atomic E-state index is 9.63. The minimum absolute atomic E-state index is 0.313. The smallest absolute Gasteiger partial charge is 0.231 e. The van der Waals surface area contributed by atoms with Crippen molar-refractivity contribution >= 4 is 28.5 Å². The minimum atomic E-state index is -2.44. The Morgan fingerprint density at radius 1 is 1.03 bits per heavy atom. The van der Waals surface area contributed by atoms with Crippen molar-refractivity contribution in [2.24, 2.45) is 0 Å². The zero-order chi connectivity index (χ0) is 27.2. The highest BCUT2D eigenvalue weighted by Gasteiger charge is 2.21. The maximum absolute atomic E-state index is 9.63. The normalized spacial score (nSPS) is 16.4. The highest BCUT2D eigenvalue weighted by molar-refractivity contribution is 5.87. The van der Waals surface area contributed by atoms with Gasteiger partial charge < -0.3 is 54.1 Å². The van der Waals surface area contributed by atoms with E-state index in [2.05, 4.69) is 39.2 Å². The lowest BCUT2D eigenvalue weighted by Gasteiger charge is -2.36. The van der Waals surface area contributed by atoms with E-state index in [1.807, 2.05) is 18.2 Å². The molecule has 12 nitrogen and oxygen atoms in total. The Hall–Kier alpha value is -4.00. The van der Waals surface area contributed by atoms with Gasteiger partial charge in [0.1, 0.15) is 18.0 Å². The van der Waals surface area contributed by atoms with E-state index in [4.69, 9.17) is 24.4 Å². The number of methoxy groups -OCH3 is 1. The lowest BCUT2D eigenvalue weighted by atomic mass is 10.1. The first-order chi connectivity index (χ1) is 18.3. The molecule has 0 saturated carbocycles. The van der Waals surface area contributed by atoms with Crippen LogP contribution in [-0.4, -0.2) is 90.9 Å². The number of benzene rings is 2. The number of ether oxygens (including phenoxy) is 3. The molecule has 0 spiro atoms. The summed E-state index contributed by atoms with van der Waals surface area (Å²) in [5.41, 5.74) is 3.64. The molecule has 0 radical (unpaired) electrons. The molecule has 204 valence electrons. The summed E-state index contributed by atoms with van der Waals surface area (Å²) < 4.78 is 16.5. The van der Waals surface area contributed by atoms with Crippen molar-refractivity contribution in [2.45, 2.75) is 18.6 Å². The quantitative estimate of drug-likeness (QED) is 0.311. The number of hydrogen-bond acceptors (Lipinski definition) is 11. The van der Waals surface area contributed by atoms with Crippen LogP contribution in [0.2, 0.25) is 0 Å². The molecule has 2 aliphatic rings. The molecule has 0 aliphatic carbocycles. The second-order valence-electron chi connectivity index (χ2n) is 8.84. The average molecular weight is 528 g/mol. The van der Waals surface area contributed by atoms with Crippen LogP contribution < -0.4 is 29.3 Å². The Kier molecular flexibility index (Phi) is 8.56. The van der Waals surface area contributed by atoms with Crippen molar-refractivity contribution in [3.8, 4) is 17.2 Å². The number of hydrogen-bond donors (Lipinski definition) is 3. The number of nitrogens with zero attached hydrogens (tertiary/aromatic N) is 2. The summed E-state index contributed by atoms with van der Waals surface area (Å²) in [6, 6.07) is 12.4. The van der Waals surface area contributed by atoms with E-state index < -0.39 is 24.1 Å². The largest absolute Gasteiger partial charge is 0.547 e. The van der Waals surface area contributed by atoms with E-state index in [0.717, 1.165) is 61.9 Å². The predicted molar refractivity (Wildman–Crippen MR) is 132 cm³/mol. The highest BCUT2D eigenvalue weighted by atomic mass is 16.7. The van der Waals surface area contributed by atoms with Gasteiger partial charge in [0.25, 0.3) is 0 Å². The summed E-state index contributed by atoms with van der Waals surface area (Å²) in [7, 11) is 1.74. The summed E-state index contributed by atoms with van der Waals surface area (Å²) in [5, 5.41) is 37.0. The fraction of sp³-hybridized carbons (Fsp3) is 0.385. The van der Waals surface area contributed by atoms with Crippen LogP contribution in [0, 0.1) is 0 Å². The first-order valence-corrected chi connectivity index (χ1v) is 12.1. The Balaban J connectivity index is 0.000000289. The standard InChI is InChI=1S/C22H25N3O3.C4H6O6/c1-26-20-5-3-2-4-19(20)25-10-8-24(9-11-25)7-6-16-14-23-18-13-22-21(12-17(16)18)27-15-28-22;5-1(3(7)8)2(6)4(9)10/h2-5,12-14,23H,6-11,15H2,1H3;1-2,5-6H,(H,7,8)(H,9,10)/p-2. The first kappa shape index (κ1) is 27.0. The second-order valence-corrected chi connectivity index (χ2v) is 8.84. The predicted octanol–water partition coefficient (Wildman–Crippen LogP) is -1.52. The van der Waals surface area contributed by atoms with Gasteiger partial charge in [-0.2, -0.15) is 0 Å². The van der Waals surface area contributed by atoms with Gasteiger partial charge in [0.05, 0.1) is 24.7 Å². The number of rotatable bonds is 8.